The zero-order chi connectivity index (χ0) is 13.5. The van der Waals surface area contributed by atoms with Crippen molar-refractivity contribution in [2.45, 2.75) is 30.0 Å². The third-order valence-corrected chi connectivity index (χ3v) is 4.96. The van der Waals surface area contributed by atoms with Crippen molar-refractivity contribution in [3.05, 3.63) is 33.8 Å². The van der Waals surface area contributed by atoms with Crippen molar-refractivity contribution in [1.82, 2.24) is 5.32 Å². The number of rotatable bonds is 2. The minimum absolute atomic E-state index is 0.133. The lowest BCUT2D eigenvalue weighted by Gasteiger charge is -2.20. The molecule has 3 nitrogen and oxygen atoms in total. The van der Waals surface area contributed by atoms with Gasteiger partial charge in [-0.2, -0.15) is 0 Å². The maximum Gasteiger partial charge on any atom is 0.322 e. The number of hydrogen-bond acceptors (Lipinski definition) is 3. The molecule has 2 atom stereocenters. The number of halogens is 2. The summed E-state index contributed by atoms with van der Waals surface area (Å²) in [7, 11) is 0. The number of nitrogens with one attached hydrogen (secondary N) is 1. The van der Waals surface area contributed by atoms with Crippen LogP contribution < -0.4 is 5.32 Å². The van der Waals surface area contributed by atoms with Gasteiger partial charge in [0.1, 0.15) is 6.04 Å². The summed E-state index contributed by atoms with van der Waals surface area (Å²) in [6.45, 7) is 3.82. The predicted molar refractivity (Wildman–Crippen MR) is 75.4 cm³/mol. The van der Waals surface area contributed by atoms with Crippen LogP contribution in [0.5, 0.6) is 0 Å². The number of carboxylic acids is 1. The molecule has 0 aliphatic carbocycles. The van der Waals surface area contributed by atoms with Gasteiger partial charge in [0.25, 0.3) is 0 Å². The third kappa shape index (κ3) is 2.62. The van der Waals surface area contributed by atoms with Crippen LogP contribution in [0.25, 0.3) is 0 Å². The van der Waals surface area contributed by atoms with Gasteiger partial charge in [0, 0.05) is 14.8 Å². The van der Waals surface area contributed by atoms with E-state index >= 15 is 0 Å². The summed E-state index contributed by atoms with van der Waals surface area (Å²) in [5, 5.41) is 13.3. The van der Waals surface area contributed by atoms with Gasteiger partial charge < -0.3 is 5.11 Å². The monoisotopic (exact) mass is 305 g/mol. The Morgan fingerprint density at radius 3 is 2.61 bits per heavy atom. The number of carbonyl (C=O) groups is 1. The highest BCUT2D eigenvalue weighted by molar-refractivity contribution is 8.01. The lowest BCUT2D eigenvalue weighted by atomic mass is 10.0. The van der Waals surface area contributed by atoms with Crippen molar-refractivity contribution in [3.8, 4) is 0 Å². The highest BCUT2D eigenvalue weighted by Crippen LogP contribution is 2.47. The van der Waals surface area contributed by atoms with Gasteiger partial charge >= 0.3 is 5.97 Å². The third-order valence-electron chi connectivity index (χ3n) is 2.93. The quantitative estimate of drug-likeness (QED) is 0.877. The topological polar surface area (TPSA) is 49.3 Å². The van der Waals surface area contributed by atoms with E-state index in [4.69, 9.17) is 23.2 Å². The number of benzene rings is 1. The summed E-state index contributed by atoms with van der Waals surface area (Å²) >= 11 is 13.6. The van der Waals surface area contributed by atoms with Crippen LogP contribution in [0.4, 0.5) is 0 Å². The second-order valence-electron chi connectivity index (χ2n) is 4.71. The zero-order valence-corrected chi connectivity index (χ0v) is 12.2. The fourth-order valence-corrected chi connectivity index (χ4v) is 4.03. The van der Waals surface area contributed by atoms with Gasteiger partial charge in [0.05, 0.1) is 5.37 Å². The van der Waals surface area contributed by atoms with Crippen molar-refractivity contribution < 1.29 is 9.90 Å². The van der Waals surface area contributed by atoms with E-state index in [0.717, 1.165) is 5.56 Å². The van der Waals surface area contributed by atoms with Crippen molar-refractivity contribution >= 4 is 40.9 Å². The van der Waals surface area contributed by atoms with Gasteiger partial charge in [-0.3, -0.25) is 10.1 Å². The van der Waals surface area contributed by atoms with E-state index in [-0.39, 0.29) is 10.1 Å². The summed E-state index contributed by atoms with van der Waals surface area (Å²) in [6, 6.07) is 4.66. The second-order valence-corrected chi connectivity index (χ2v) is 7.31. The summed E-state index contributed by atoms with van der Waals surface area (Å²) in [6.07, 6.45) is 0. The maximum absolute atomic E-state index is 11.2. The van der Waals surface area contributed by atoms with Crippen LogP contribution in [0, 0.1) is 0 Å². The first kappa shape index (κ1) is 14.0. The van der Waals surface area contributed by atoms with E-state index in [0.29, 0.717) is 10.0 Å². The molecular formula is C12H13Cl2NO2S. The predicted octanol–water partition coefficient (Wildman–Crippen LogP) is 3.56. The number of thioether (sulfide) groups is 1. The zero-order valence-electron chi connectivity index (χ0n) is 9.91. The van der Waals surface area contributed by atoms with Crippen LogP contribution >= 0.6 is 35.0 Å². The average molecular weight is 306 g/mol. The van der Waals surface area contributed by atoms with Crippen LogP contribution in [0.3, 0.4) is 0 Å². The number of carboxylic acid groups (broad SMARTS) is 1. The van der Waals surface area contributed by atoms with Crippen LogP contribution in [0.2, 0.25) is 10.0 Å². The Hall–Kier alpha value is -0.420. The summed E-state index contributed by atoms with van der Waals surface area (Å²) in [5.41, 5.74) is 0.864. The molecule has 1 aliphatic rings. The molecule has 2 rings (SSSR count). The van der Waals surface area contributed by atoms with Gasteiger partial charge in [-0.1, -0.05) is 29.3 Å². The molecule has 0 spiro atoms. The first-order chi connectivity index (χ1) is 8.31. The van der Waals surface area contributed by atoms with Gasteiger partial charge in [-0.05, 0) is 31.5 Å². The molecule has 2 unspecified atom stereocenters. The molecule has 1 aromatic rings. The largest absolute Gasteiger partial charge is 0.480 e. The fraction of sp³-hybridized carbons (Fsp3) is 0.417. The molecule has 1 aliphatic heterocycles. The van der Waals surface area contributed by atoms with Crippen molar-refractivity contribution in [1.29, 1.82) is 0 Å². The van der Waals surface area contributed by atoms with E-state index in [1.54, 1.807) is 23.9 Å². The molecule has 2 N–H and O–H groups in total. The van der Waals surface area contributed by atoms with E-state index in [1.807, 2.05) is 19.9 Å². The van der Waals surface area contributed by atoms with E-state index in [9.17, 15) is 9.90 Å². The van der Waals surface area contributed by atoms with Gasteiger partial charge in [0.2, 0.25) is 0 Å². The minimum atomic E-state index is -0.847. The molecule has 0 amide bonds. The Morgan fingerprint density at radius 1 is 1.44 bits per heavy atom. The normalized spacial score (nSPS) is 26.2. The molecule has 18 heavy (non-hydrogen) atoms. The standard InChI is InChI=1S/C12H13Cl2NO2S/c1-12(2)9(11(16)17)15-10(18-12)7-4-3-6(13)5-8(7)14/h3-5,9-10,15H,1-2H3,(H,16,17). The number of hydrogen-bond donors (Lipinski definition) is 2. The van der Waals surface area contributed by atoms with Crippen molar-refractivity contribution in [2.75, 3.05) is 0 Å². The second kappa shape index (κ2) is 4.93. The summed E-state index contributed by atoms with van der Waals surface area (Å²) in [4.78, 5) is 11.2. The van der Waals surface area contributed by atoms with Crippen LogP contribution in [0.1, 0.15) is 24.8 Å². The molecule has 1 saturated heterocycles. The molecule has 0 bridgehead atoms. The molecule has 1 fully saturated rings. The summed E-state index contributed by atoms with van der Waals surface area (Å²) < 4.78 is -0.389. The Labute approximate surface area is 120 Å². The molecule has 0 aromatic heterocycles. The number of aliphatic carboxylic acids is 1. The van der Waals surface area contributed by atoms with Crippen molar-refractivity contribution in [3.63, 3.8) is 0 Å². The molecule has 6 heteroatoms. The Kier molecular flexibility index (Phi) is 3.83. The molecule has 1 aromatic carbocycles. The van der Waals surface area contributed by atoms with Crippen LogP contribution in [0.15, 0.2) is 18.2 Å². The highest BCUT2D eigenvalue weighted by Gasteiger charge is 2.45. The Morgan fingerprint density at radius 2 is 2.11 bits per heavy atom. The Bertz CT molecular complexity index is 493. The van der Waals surface area contributed by atoms with E-state index < -0.39 is 12.0 Å². The smallest absolute Gasteiger partial charge is 0.322 e. The molecule has 1 heterocycles. The average Bonchev–Trinajstić information content (AvgIpc) is 2.54. The lowest BCUT2D eigenvalue weighted by molar-refractivity contribution is -0.139. The van der Waals surface area contributed by atoms with Gasteiger partial charge in [-0.25, -0.2) is 0 Å². The van der Waals surface area contributed by atoms with Crippen LogP contribution in [-0.4, -0.2) is 21.9 Å². The summed E-state index contributed by atoms with van der Waals surface area (Å²) in [5.74, 6) is -0.847. The van der Waals surface area contributed by atoms with E-state index in [2.05, 4.69) is 5.32 Å². The van der Waals surface area contributed by atoms with Crippen molar-refractivity contribution in [2.24, 2.45) is 0 Å². The molecular weight excluding hydrogens is 293 g/mol. The molecule has 0 saturated carbocycles. The van der Waals surface area contributed by atoms with E-state index in [1.165, 1.54) is 0 Å². The Balaban J connectivity index is 2.29. The lowest BCUT2D eigenvalue weighted by Crippen LogP contribution is -2.43. The minimum Gasteiger partial charge on any atom is -0.480 e. The highest BCUT2D eigenvalue weighted by atomic mass is 35.5. The molecule has 0 radical (unpaired) electrons. The first-order valence-electron chi connectivity index (χ1n) is 5.43. The SMILES string of the molecule is CC1(C)SC(c2ccc(Cl)cc2Cl)NC1C(=O)O. The van der Waals surface area contributed by atoms with Gasteiger partial charge in [-0.15, -0.1) is 11.8 Å². The van der Waals surface area contributed by atoms with Gasteiger partial charge in [0.15, 0.2) is 0 Å². The maximum atomic E-state index is 11.2. The van der Waals surface area contributed by atoms with Crippen LogP contribution in [-0.2, 0) is 4.79 Å². The molecule has 98 valence electrons. The first-order valence-corrected chi connectivity index (χ1v) is 7.06. The fourth-order valence-electron chi connectivity index (χ4n) is 1.99.